The van der Waals surface area contributed by atoms with E-state index < -0.39 is 0 Å². The van der Waals surface area contributed by atoms with Crippen molar-refractivity contribution in [2.45, 2.75) is 38.6 Å². The second kappa shape index (κ2) is 6.13. The van der Waals surface area contributed by atoms with Crippen molar-refractivity contribution in [2.75, 3.05) is 31.4 Å². The van der Waals surface area contributed by atoms with Crippen LogP contribution in [0.4, 0.5) is 11.4 Å². The Labute approximate surface area is 116 Å². The van der Waals surface area contributed by atoms with Gasteiger partial charge < -0.3 is 15.0 Å². The third-order valence-corrected chi connectivity index (χ3v) is 4.04. The quantitative estimate of drug-likeness (QED) is 0.885. The van der Waals surface area contributed by atoms with Crippen LogP contribution in [0.1, 0.15) is 32.6 Å². The lowest BCUT2D eigenvalue weighted by Gasteiger charge is -2.23. The van der Waals surface area contributed by atoms with Gasteiger partial charge in [0.15, 0.2) is 0 Å². The van der Waals surface area contributed by atoms with E-state index in [1.807, 2.05) is 20.2 Å². The van der Waals surface area contributed by atoms with Crippen LogP contribution in [0, 0.1) is 5.92 Å². The van der Waals surface area contributed by atoms with Crippen LogP contribution < -0.4 is 15.0 Å². The van der Waals surface area contributed by atoms with Gasteiger partial charge in [-0.25, -0.2) is 4.98 Å². The molecular weight excluding hydrogens is 238 g/mol. The van der Waals surface area contributed by atoms with Gasteiger partial charge in [-0.3, -0.25) is 0 Å². The number of rotatable bonds is 5. The molecule has 1 heterocycles. The first-order valence-electron chi connectivity index (χ1n) is 7.12. The molecule has 0 bridgehead atoms. The molecule has 2 atom stereocenters. The molecule has 1 saturated carbocycles. The van der Waals surface area contributed by atoms with E-state index in [0.29, 0.717) is 11.9 Å². The fourth-order valence-electron chi connectivity index (χ4n) is 2.88. The lowest BCUT2D eigenvalue weighted by molar-refractivity contribution is 0.399. The van der Waals surface area contributed by atoms with Crippen molar-refractivity contribution in [3.63, 3.8) is 0 Å². The maximum atomic E-state index is 5.40. The van der Waals surface area contributed by atoms with Gasteiger partial charge in [-0.15, -0.1) is 0 Å². The Morgan fingerprint density at radius 1 is 1.42 bits per heavy atom. The number of pyridine rings is 1. The van der Waals surface area contributed by atoms with E-state index in [1.54, 1.807) is 13.3 Å². The number of hydrogen-bond donors (Lipinski definition) is 1. The number of aromatic nitrogens is 1. The Bertz CT molecular complexity index is 420. The second-order valence-electron chi connectivity index (χ2n) is 5.54. The second-order valence-corrected chi connectivity index (χ2v) is 5.54. The fraction of sp³-hybridized carbons (Fsp3) is 0.667. The minimum atomic E-state index is 0.543. The highest BCUT2D eigenvalue weighted by molar-refractivity contribution is 5.74. The average Bonchev–Trinajstić information content (AvgIpc) is 2.86. The van der Waals surface area contributed by atoms with Gasteiger partial charge in [0.2, 0.25) is 5.88 Å². The molecule has 1 fully saturated rings. The molecule has 4 heteroatoms. The van der Waals surface area contributed by atoms with E-state index in [-0.39, 0.29) is 0 Å². The third-order valence-electron chi connectivity index (χ3n) is 4.04. The zero-order chi connectivity index (χ0) is 13.8. The number of ether oxygens (including phenoxy) is 1. The lowest BCUT2D eigenvalue weighted by atomic mass is 10.1. The Hall–Kier alpha value is -1.45. The Balaban J connectivity index is 2.18. The molecule has 0 saturated heterocycles. The molecule has 0 amide bonds. The summed E-state index contributed by atoms with van der Waals surface area (Å²) in [7, 11) is 5.77. The molecule has 4 nitrogen and oxygen atoms in total. The van der Waals surface area contributed by atoms with Crippen LogP contribution in [0.25, 0.3) is 0 Å². The first-order chi connectivity index (χ1) is 9.15. The molecule has 1 aromatic heterocycles. The van der Waals surface area contributed by atoms with Gasteiger partial charge in [-0.1, -0.05) is 13.3 Å². The van der Waals surface area contributed by atoms with Gasteiger partial charge >= 0.3 is 0 Å². The van der Waals surface area contributed by atoms with E-state index in [4.69, 9.17) is 4.74 Å². The van der Waals surface area contributed by atoms with Crippen LogP contribution in [0.2, 0.25) is 0 Å². The minimum Gasteiger partial charge on any atom is -0.479 e. The van der Waals surface area contributed by atoms with Gasteiger partial charge in [-0.2, -0.15) is 0 Å². The molecule has 19 heavy (non-hydrogen) atoms. The summed E-state index contributed by atoms with van der Waals surface area (Å²) < 4.78 is 5.40. The molecule has 1 N–H and O–H groups in total. The summed E-state index contributed by atoms with van der Waals surface area (Å²) in [5, 5.41) is 3.65. The topological polar surface area (TPSA) is 37.4 Å². The van der Waals surface area contributed by atoms with Crippen molar-refractivity contribution in [2.24, 2.45) is 5.92 Å². The summed E-state index contributed by atoms with van der Waals surface area (Å²) in [6, 6.07) is 2.57. The molecule has 2 unspecified atom stereocenters. The lowest BCUT2D eigenvalue weighted by Crippen LogP contribution is -2.20. The SMILES string of the molecule is CCC1CCC(Nc2c(N(C)C)ccnc2OC)C1. The van der Waals surface area contributed by atoms with Crippen molar-refractivity contribution in [3.05, 3.63) is 12.3 Å². The summed E-state index contributed by atoms with van der Waals surface area (Å²) in [6.07, 6.45) is 6.89. The highest BCUT2D eigenvalue weighted by Crippen LogP contribution is 2.36. The van der Waals surface area contributed by atoms with Crippen LogP contribution >= 0.6 is 0 Å². The average molecular weight is 263 g/mol. The van der Waals surface area contributed by atoms with Gasteiger partial charge in [-0.05, 0) is 31.2 Å². The number of hydrogen-bond acceptors (Lipinski definition) is 4. The van der Waals surface area contributed by atoms with Crippen molar-refractivity contribution in [1.82, 2.24) is 4.98 Å². The van der Waals surface area contributed by atoms with Crippen LogP contribution in [0.5, 0.6) is 5.88 Å². The molecule has 0 aromatic carbocycles. The van der Waals surface area contributed by atoms with E-state index in [1.165, 1.54) is 25.7 Å². The van der Waals surface area contributed by atoms with Crippen molar-refractivity contribution in [1.29, 1.82) is 0 Å². The molecule has 0 spiro atoms. The molecular formula is C15H25N3O. The van der Waals surface area contributed by atoms with E-state index >= 15 is 0 Å². The van der Waals surface area contributed by atoms with E-state index in [9.17, 15) is 0 Å². The Morgan fingerprint density at radius 3 is 2.79 bits per heavy atom. The number of anilines is 2. The molecule has 106 valence electrons. The standard InChI is InChI=1S/C15H25N3O/c1-5-11-6-7-12(10-11)17-14-13(18(2)3)8-9-16-15(14)19-4/h8-9,11-12,17H,5-7,10H2,1-4H3. The van der Waals surface area contributed by atoms with Crippen molar-refractivity contribution >= 4 is 11.4 Å². The third kappa shape index (κ3) is 3.11. The smallest absolute Gasteiger partial charge is 0.239 e. The maximum Gasteiger partial charge on any atom is 0.239 e. The van der Waals surface area contributed by atoms with E-state index in [2.05, 4.69) is 22.1 Å². The predicted molar refractivity (Wildman–Crippen MR) is 80.2 cm³/mol. The monoisotopic (exact) mass is 263 g/mol. The highest BCUT2D eigenvalue weighted by Gasteiger charge is 2.25. The number of nitrogens with zero attached hydrogens (tertiary/aromatic N) is 2. The number of methoxy groups -OCH3 is 1. The predicted octanol–water partition coefficient (Wildman–Crippen LogP) is 3.15. The summed E-state index contributed by atoms with van der Waals surface area (Å²) in [5.74, 6) is 1.55. The van der Waals surface area contributed by atoms with Crippen molar-refractivity contribution < 1.29 is 4.74 Å². The molecule has 2 rings (SSSR count). The summed E-state index contributed by atoms with van der Waals surface area (Å²) in [5.41, 5.74) is 2.16. The molecule has 0 radical (unpaired) electrons. The first-order valence-corrected chi connectivity index (χ1v) is 7.12. The van der Waals surface area contributed by atoms with Crippen LogP contribution in [-0.4, -0.2) is 32.2 Å². The summed E-state index contributed by atoms with van der Waals surface area (Å²) in [4.78, 5) is 6.41. The zero-order valence-corrected chi connectivity index (χ0v) is 12.4. The van der Waals surface area contributed by atoms with Crippen LogP contribution in [0.3, 0.4) is 0 Å². The minimum absolute atomic E-state index is 0.543. The van der Waals surface area contributed by atoms with Crippen molar-refractivity contribution in [3.8, 4) is 5.88 Å². The van der Waals surface area contributed by atoms with E-state index in [0.717, 1.165) is 17.3 Å². The van der Waals surface area contributed by atoms with Crippen LogP contribution in [-0.2, 0) is 0 Å². The fourth-order valence-corrected chi connectivity index (χ4v) is 2.88. The Kier molecular flexibility index (Phi) is 4.51. The zero-order valence-electron chi connectivity index (χ0n) is 12.4. The van der Waals surface area contributed by atoms with Gasteiger partial charge in [0, 0.05) is 26.3 Å². The maximum absolute atomic E-state index is 5.40. The van der Waals surface area contributed by atoms with Gasteiger partial charge in [0.25, 0.3) is 0 Å². The Morgan fingerprint density at radius 2 is 2.21 bits per heavy atom. The molecule has 1 aromatic rings. The highest BCUT2D eigenvalue weighted by atomic mass is 16.5. The largest absolute Gasteiger partial charge is 0.479 e. The van der Waals surface area contributed by atoms with Gasteiger partial charge in [0.1, 0.15) is 5.69 Å². The van der Waals surface area contributed by atoms with Crippen LogP contribution in [0.15, 0.2) is 12.3 Å². The molecule has 0 aliphatic heterocycles. The summed E-state index contributed by atoms with van der Waals surface area (Å²) >= 11 is 0. The number of nitrogens with one attached hydrogen (secondary N) is 1. The molecule has 1 aliphatic rings. The molecule has 1 aliphatic carbocycles. The normalized spacial score (nSPS) is 22.3. The summed E-state index contributed by atoms with van der Waals surface area (Å²) in [6.45, 7) is 2.28. The first kappa shape index (κ1) is 14.0. The van der Waals surface area contributed by atoms with Gasteiger partial charge in [0.05, 0.1) is 12.8 Å².